The summed E-state index contributed by atoms with van der Waals surface area (Å²) in [6.45, 7) is 1.89. The Kier molecular flexibility index (Phi) is 5.24. The van der Waals surface area contributed by atoms with Crippen LogP contribution < -0.4 is 4.90 Å². The van der Waals surface area contributed by atoms with E-state index in [0.717, 1.165) is 11.8 Å². The summed E-state index contributed by atoms with van der Waals surface area (Å²) in [4.78, 5) is 19.2. The summed E-state index contributed by atoms with van der Waals surface area (Å²) in [6, 6.07) is 15.2. The third-order valence-electron chi connectivity index (χ3n) is 4.85. The molecule has 4 heterocycles. The second kappa shape index (κ2) is 8.39. The Hall–Kier alpha value is -4.61. The van der Waals surface area contributed by atoms with Gasteiger partial charge in [0.15, 0.2) is 0 Å². The van der Waals surface area contributed by atoms with E-state index < -0.39 is 11.9 Å². The molecule has 5 rings (SSSR count). The average molecular weight is 463 g/mol. The summed E-state index contributed by atoms with van der Waals surface area (Å²) in [5.74, 6) is 0.648. The van der Waals surface area contributed by atoms with E-state index >= 15 is 0 Å². The molecule has 4 aromatic heterocycles. The van der Waals surface area contributed by atoms with Crippen LogP contribution in [0.15, 0.2) is 67.1 Å². The van der Waals surface area contributed by atoms with Gasteiger partial charge >= 0.3 is 6.18 Å². The van der Waals surface area contributed by atoms with Crippen LogP contribution in [0.4, 0.5) is 30.6 Å². The maximum Gasteiger partial charge on any atom is 0.432 e. The smallest absolute Gasteiger partial charge is 0.282 e. The number of alkyl halides is 3. The normalized spacial score (nSPS) is 11.5. The zero-order chi connectivity index (χ0) is 23.7. The van der Waals surface area contributed by atoms with E-state index in [2.05, 4.69) is 35.2 Å². The van der Waals surface area contributed by atoms with Crippen molar-refractivity contribution < 1.29 is 13.2 Å². The van der Waals surface area contributed by atoms with Crippen molar-refractivity contribution in [3.05, 3.63) is 78.5 Å². The molecule has 12 heteroatoms. The molecular weight excluding hydrogens is 447 g/mol. The van der Waals surface area contributed by atoms with Crippen LogP contribution >= 0.6 is 0 Å². The number of rotatable bonds is 5. The fourth-order valence-electron chi connectivity index (χ4n) is 3.28. The standard InChI is InChI=1S/C22H16F3N9/c1-13-9-17(31-30-13)15-7-8-26-21(29-15)34(14-5-3-2-4-6-14)20-11-16(27-12-28-20)18-10-19(33-32-18)22(23,24)25/h2-12H,1H3,(H,30,31)(H,32,33). The Labute approximate surface area is 190 Å². The van der Waals surface area contributed by atoms with Crippen molar-refractivity contribution in [2.75, 3.05) is 4.90 Å². The van der Waals surface area contributed by atoms with E-state index in [1.54, 1.807) is 17.2 Å². The van der Waals surface area contributed by atoms with Gasteiger partial charge in [-0.05, 0) is 37.3 Å². The average Bonchev–Trinajstić information content (AvgIpc) is 3.50. The molecule has 1 aromatic carbocycles. The number of anilines is 3. The van der Waals surface area contributed by atoms with Crippen LogP contribution in [0.1, 0.15) is 11.4 Å². The van der Waals surface area contributed by atoms with Gasteiger partial charge in [-0.25, -0.2) is 19.9 Å². The molecule has 0 saturated carbocycles. The third kappa shape index (κ3) is 4.20. The Morgan fingerprint density at radius 3 is 2.26 bits per heavy atom. The van der Waals surface area contributed by atoms with Crippen molar-refractivity contribution in [3.63, 3.8) is 0 Å². The number of benzene rings is 1. The van der Waals surface area contributed by atoms with Crippen LogP contribution in [-0.4, -0.2) is 40.3 Å². The van der Waals surface area contributed by atoms with E-state index in [4.69, 9.17) is 0 Å². The fourth-order valence-corrected chi connectivity index (χ4v) is 3.28. The maximum absolute atomic E-state index is 13.0. The minimum absolute atomic E-state index is 0.0330. The van der Waals surface area contributed by atoms with E-state index in [0.29, 0.717) is 28.8 Å². The van der Waals surface area contributed by atoms with Gasteiger partial charge < -0.3 is 0 Å². The molecule has 0 unspecified atom stereocenters. The molecule has 0 saturated heterocycles. The van der Waals surface area contributed by atoms with Crippen molar-refractivity contribution in [1.82, 2.24) is 40.3 Å². The molecule has 0 spiro atoms. The van der Waals surface area contributed by atoms with Crippen LogP contribution in [-0.2, 0) is 6.18 Å². The topological polar surface area (TPSA) is 112 Å². The Balaban J connectivity index is 1.60. The summed E-state index contributed by atoms with van der Waals surface area (Å²) in [7, 11) is 0. The summed E-state index contributed by atoms with van der Waals surface area (Å²) >= 11 is 0. The fraction of sp³-hybridized carbons (Fsp3) is 0.0909. The highest BCUT2D eigenvalue weighted by molar-refractivity contribution is 5.73. The van der Waals surface area contributed by atoms with Crippen LogP contribution in [0, 0.1) is 6.92 Å². The second-order valence-corrected chi connectivity index (χ2v) is 7.28. The van der Waals surface area contributed by atoms with Crippen molar-refractivity contribution in [3.8, 4) is 22.8 Å². The van der Waals surface area contributed by atoms with Gasteiger partial charge in [0.05, 0.1) is 17.1 Å². The van der Waals surface area contributed by atoms with Gasteiger partial charge in [-0.15, -0.1) is 0 Å². The Morgan fingerprint density at radius 2 is 1.56 bits per heavy atom. The molecule has 170 valence electrons. The zero-order valence-electron chi connectivity index (χ0n) is 17.6. The lowest BCUT2D eigenvalue weighted by Gasteiger charge is -2.22. The van der Waals surface area contributed by atoms with Gasteiger partial charge in [0.25, 0.3) is 0 Å². The molecule has 0 amide bonds. The first-order chi connectivity index (χ1) is 16.4. The second-order valence-electron chi connectivity index (χ2n) is 7.28. The summed E-state index contributed by atoms with van der Waals surface area (Å²) in [5, 5.41) is 12.9. The number of aromatic nitrogens is 8. The van der Waals surface area contributed by atoms with Crippen molar-refractivity contribution in [2.45, 2.75) is 13.1 Å². The molecule has 0 aliphatic carbocycles. The molecule has 9 nitrogen and oxygen atoms in total. The van der Waals surface area contributed by atoms with Gasteiger partial charge in [-0.1, -0.05) is 18.2 Å². The van der Waals surface area contributed by atoms with Gasteiger partial charge in [-0.3, -0.25) is 15.1 Å². The number of halogens is 3. The molecular formula is C22H16F3N9. The first-order valence-corrected chi connectivity index (χ1v) is 10.0. The quantitative estimate of drug-likeness (QED) is 0.383. The molecule has 2 N–H and O–H groups in total. The van der Waals surface area contributed by atoms with Crippen LogP contribution in [0.5, 0.6) is 0 Å². The number of hydrogen-bond acceptors (Lipinski definition) is 7. The van der Waals surface area contributed by atoms with Crippen LogP contribution in [0.25, 0.3) is 22.8 Å². The number of hydrogen-bond donors (Lipinski definition) is 2. The minimum Gasteiger partial charge on any atom is -0.282 e. The lowest BCUT2D eigenvalue weighted by atomic mass is 10.2. The number of nitrogens with zero attached hydrogens (tertiary/aromatic N) is 7. The predicted molar refractivity (Wildman–Crippen MR) is 117 cm³/mol. The lowest BCUT2D eigenvalue weighted by molar-refractivity contribution is -0.141. The van der Waals surface area contributed by atoms with E-state index in [9.17, 15) is 13.2 Å². The van der Waals surface area contributed by atoms with Crippen LogP contribution in [0.3, 0.4) is 0 Å². The maximum atomic E-state index is 13.0. The van der Waals surface area contributed by atoms with E-state index in [-0.39, 0.29) is 11.4 Å². The highest BCUT2D eigenvalue weighted by Gasteiger charge is 2.33. The Bertz CT molecular complexity index is 1430. The van der Waals surface area contributed by atoms with Crippen molar-refractivity contribution >= 4 is 17.5 Å². The minimum atomic E-state index is -4.55. The summed E-state index contributed by atoms with van der Waals surface area (Å²) < 4.78 is 39.0. The van der Waals surface area contributed by atoms with E-state index in [1.165, 1.54) is 12.4 Å². The third-order valence-corrected chi connectivity index (χ3v) is 4.85. The van der Waals surface area contributed by atoms with E-state index in [1.807, 2.05) is 48.4 Å². The van der Waals surface area contributed by atoms with Crippen molar-refractivity contribution in [1.29, 1.82) is 0 Å². The number of aryl methyl sites for hydroxylation is 1. The molecule has 34 heavy (non-hydrogen) atoms. The highest BCUT2D eigenvalue weighted by Crippen LogP contribution is 2.34. The largest absolute Gasteiger partial charge is 0.432 e. The first-order valence-electron chi connectivity index (χ1n) is 10.0. The first kappa shape index (κ1) is 21.2. The molecule has 0 fully saturated rings. The van der Waals surface area contributed by atoms with Crippen LogP contribution in [0.2, 0.25) is 0 Å². The molecule has 0 aliphatic heterocycles. The van der Waals surface area contributed by atoms with Crippen molar-refractivity contribution in [2.24, 2.45) is 0 Å². The molecule has 0 aliphatic rings. The monoisotopic (exact) mass is 463 g/mol. The van der Waals surface area contributed by atoms with Gasteiger partial charge in [0.1, 0.15) is 29.2 Å². The molecule has 0 bridgehead atoms. The number of nitrogens with one attached hydrogen (secondary N) is 2. The molecule has 0 atom stereocenters. The Morgan fingerprint density at radius 1 is 0.794 bits per heavy atom. The van der Waals surface area contributed by atoms with Gasteiger partial charge in [0.2, 0.25) is 5.95 Å². The highest BCUT2D eigenvalue weighted by atomic mass is 19.4. The summed E-state index contributed by atoms with van der Waals surface area (Å²) in [6.07, 6.45) is -1.69. The van der Waals surface area contributed by atoms with Gasteiger partial charge in [0, 0.05) is 18.0 Å². The zero-order valence-corrected chi connectivity index (χ0v) is 17.6. The molecule has 5 aromatic rings. The summed E-state index contributed by atoms with van der Waals surface area (Å²) in [5.41, 5.74) is 2.09. The molecule has 0 radical (unpaired) electrons. The number of aromatic amines is 2. The van der Waals surface area contributed by atoms with Gasteiger partial charge in [-0.2, -0.15) is 23.4 Å². The SMILES string of the molecule is Cc1cc(-c2ccnc(N(c3ccccc3)c3cc(-c4cc(C(F)(F)F)[nH]n4)ncn3)n2)n[nH]1. The number of H-pyrrole nitrogens is 2. The number of para-hydroxylation sites is 1. The lowest BCUT2D eigenvalue weighted by Crippen LogP contribution is -2.15. The predicted octanol–water partition coefficient (Wildman–Crippen LogP) is 4.84.